The fourth-order valence-electron chi connectivity index (χ4n) is 1.98. The molecule has 1 unspecified atom stereocenters. The first-order valence-electron chi connectivity index (χ1n) is 5.56. The van der Waals surface area contributed by atoms with Crippen molar-refractivity contribution in [3.05, 3.63) is 35.6 Å². The van der Waals surface area contributed by atoms with Crippen LogP contribution in [0, 0.1) is 5.82 Å². The first-order valence-corrected chi connectivity index (χ1v) is 5.56. The summed E-state index contributed by atoms with van der Waals surface area (Å²) in [5, 5.41) is 0. The van der Waals surface area contributed by atoms with Crippen molar-refractivity contribution in [2.75, 3.05) is 6.54 Å². The molecular formula is C12H15FN4. The third kappa shape index (κ3) is 2.81. The van der Waals surface area contributed by atoms with Crippen molar-refractivity contribution >= 4 is 11.8 Å². The van der Waals surface area contributed by atoms with Gasteiger partial charge in [0, 0.05) is 12.5 Å². The van der Waals surface area contributed by atoms with Crippen LogP contribution in [0.15, 0.2) is 34.3 Å². The lowest BCUT2D eigenvalue weighted by Gasteiger charge is -2.20. The number of nitrogens with two attached hydrogens (primary N) is 2. The lowest BCUT2D eigenvalue weighted by atomic mass is 9.91. The molecule has 0 fully saturated rings. The van der Waals surface area contributed by atoms with Gasteiger partial charge in [0.15, 0.2) is 5.96 Å². The number of hydrogen-bond acceptors (Lipinski definition) is 2. The molecule has 2 rings (SSSR count). The van der Waals surface area contributed by atoms with Crippen LogP contribution in [0.4, 0.5) is 4.39 Å². The van der Waals surface area contributed by atoms with E-state index in [1.54, 1.807) is 12.1 Å². The number of aliphatic imine (C=N–C) groups is 2. The second kappa shape index (κ2) is 4.95. The molecule has 0 bridgehead atoms. The third-order valence-electron chi connectivity index (χ3n) is 2.75. The first-order chi connectivity index (χ1) is 8.16. The van der Waals surface area contributed by atoms with E-state index >= 15 is 0 Å². The molecule has 1 aliphatic rings. The highest BCUT2D eigenvalue weighted by molar-refractivity contribution is 5.98. The highest BCUT2D eigenvalue weighted by Crippen LogP contribution is 2.27. The van der Waals surface area contributed by atoms with Crippen molar-refractivity contribution in [2.24, 2.45) is 21.5 Å². The van der Waals surface area contributed by atoms with Crippen molar-refractivity contribution in [3.8, 4) is 0 Å². The average Bonchev–Trinajstić information content (AvgIpc) is 2.30. The molecule has 0 radical (unpaired) electrons. The van der Waals surface area contributed by atoms with Crippen LogP contribution in [0.2, 0.25) is 0 Å². The average molecular weight is 234 g/mol. The summed E-state index contributed by atoms with van der Waals surface area (Å²) in [4.78, 5) is 8.37. The summed E-state index contributed by atoms with van der Waals surface area (Å²) in [6, 6.07) is 6.39. The van der Waals surface area contributed by atoms with Gasteiger partial charge in [0.25, 0.3) is 0 Å². The molecule has 0 saturated heterocycles. The summed E-state index contributed by atoms with van der Waals surface area (Å²) in [7, 11) is 0. The second-order valence-electron chi connectivity index (χ2n) is 4.02. The topological polar surface area (TPSA) is 76.8 Å². The Labute approximate surface area is 99.3 Å². The summed E-state index contributed by atoms with van der Waals surface area (Å²) >= 11 is 0. The lowest BCUT2D eigenvalue weighted by Crippen LogP contribution is -2.27. The van der Waals surface area contributed by atoms with Gasteiger partial charge in [0.2, 0.25) is 0 Å². The van der Waals surface area contributed by atoms with Gasteiger partial charge < -0.3 is 11.5 Å². The number of halogens is 1. The molecule has 1 heterocycles. The summed E-state index contributed by atoms with van der Waals surface area (Å²) in [6.45, 7) is 0.740. The van der Waals surface area contributed by atoms with Gasteiger partial charge in [-0.25, -0.2) is 9.38 Å². The largest absolute Gasteiger partial charge is 0.370 e. The maximum Gasteiger partial charge on any atom is 0.192 e. The van der Waals surface area contributed by atoms with Crippen LogP contribution in [0.3, 0.4) is 0 Å². The Morgan fingerprint density at radius 1 is 1.29 bits per heavy atom. The van der Waals surface area contributed by atoms with Crippen molar-refractivity contribution in [1.82, 2.24) is 0 Å². The van der Waals surface area contributed by atoms with E-state index in [1.807, 2.05) is 0 Å². The van der Waals surface area contributed by atoms with Gasteiger partial charge in [-0.3, -0.25) is 4.99 Å². The molecule has 0 aromatic heterocycles. The van der Waals surface area contributed by atoms with Crippen molar-refractivity contribution in [2.45, 2.75) is 18.8 Å². The molecule has 0 saturated carbocycles. The Balaban J connectivity index is 2.29. The van der Waals surface area contributed by atoms with Crippen molar-refractivity contribution in [1.29, 1.82) is 0 Å². The van der Waals surface area contributed by atoms with Crippen LogP contribution in [-0.4, -0.2) is 18.3 Å². The number of guanidine groups is 1. The summed E-state index contributed by atoms with van der Waals surface area (Å²) in [5.74, 6) is 0.469. The second-order valence-corrected chi connectivity index (χ2v) is 4.02. The number of hydrogen-bond donors (Lipinski definition) is 2. The molecule has 90 valence electrons. The summed E-state index contributed by atoms with van der Waals surface area (Å²) < 4.78 is 12.9. The molecular weight excluding hydrogens is 219 g/mol. The normalized spacial score (nSPS) is 19.6. The third-order valence-corrected chi connectivity index (χ3v) is 2.75. The molecule has 1 aliphatic heterocycles. The van der Waals surface area contributed by atoms with Gasteiger partial charge in [-0.15, -0.1) is 0 Å². The maximum atomic E-state index is 12.9. The van der Waals surface area contributed by atoms with Crippen LogP contribution in [-0.2, 0) is 0 Å². The molecule has 0 aliphatic carbocycles. The molecule has 1 atom stereocenters. The molecule has 1 aromatic carbocycles. The van der Waals surface area contributed by atoms with E-state index in [4.69, 9.17) is 11.5 Å². The Bertz CT molecular complexity index is 446. The van der Waals surface area contributed by atoms with Crippen LogP contribution in [0.1, 0.15) is 24.3 Å². The van der Waals surface area contributed by atoms with E-state index < -0.39 is 0 Å². The zero-order valence-electron chi connectivity index (χ0n) is 9.44. The van der Waals surface area contributed by atoms with E-state index in [9.17, 15) is 4.39 Å². The SMILES string of the molecule is NC(N)=NC1=NCCCC1c1ccc(F)cc1. The van der Waals surface area contributed by atoms with Gasteiger partial charge >= 0.3 is 0 Å². The van der Waals surface area contributed by atoms with Gasteiger partial charge in [-0.2, -0.15) is 0 Å². The standard InChI is InChI=1S/C12H15FN4/c13-9-5-3-8(4-6-9)10-2-1-7-16-11(10)17-12(14)15/h3-6,10H,1-2,7H2,(H4,14,15,16,17). The Hall–Kier alpha value is -1.91. The minimum Gasteiger partial charge on any atom is -0.370 e. The van der Waals surface area contributed by atoms with Crippen LogP contribution in [0.5, 0.6) is 0 Å². The Morgan fingerprint density at radius 2 is 2.00 bits per heavy atom. The fraction of sp³-hybridized carbons (Fsp3) is 0.333. The summed E-state index contributed by atoms with van der Waals surface area (Å²) in [6.07, 6.45) is 1.92. The van der Waals surface area contributed by atoms with Gasteiger partial charge in [0.05, 0.1) is 0 Å². The fourth-order valence-corrected chi connectivity index (χ4v) is 1.98. The zero-order chi connectivity index (χ0) is 12.3. The molecule has 0 spiro atoms. The molecule has 4 N–H and O–H groups in total. The molecule has 1 aromatic rings. The van der Waals surface area contributed by atoms with E-state index in [2.05, 4.69) is 9.98 Å². The monoisotopic (exact) mass is 234 g/mol. The number of benzene rings is 1. The highest BCUT2D eigenvalue weighted by atomic mass is 19.1. The van der Waals surface area contributed by atoms with E-state index in [1.165, 1.54) is 12.1 Å². The van der Waals surface area contributed by atoms with E-state index in [-0.39, 0.29) is 17.7 Å². The Kier molecular flexibility index (Phi) is 3.37. The highest BCUT2D eigenvalue weighted by Gasteiger charge is 2.21. The number of rotatable bonds is 1. The maximum absolute atomic E-state index is 12.9. The minimum atomic E-state index is -0.245. The molecule has 17 heavy (non-hydrogen) atoms. The number of amidine groups is 1. The van der Waals surface area contributed by atoms with Crippen LogP contribution >= 0.6 is 0 Å². The van der Waals surface area contributed by atoms with Gasteiger partial charge in [-0.1, -0.05) is 12.1 Å². The zero-order valence-corrected chi connectivity index (χ0v) is 9.44. The Morgan fingerprint density at radius 3 is 2.65 bits per heavy atom. The molecule has 0 amide bonds. The quantitative estimate of drug-likeness (QED) is 0.568. The smallest absolute Gasteiger partial charge is 0.192 e. The summed E-state index contributed by atoms with van der Waals surface area (Å²) in [5.41, 5.74) is 11.7. The molecule has 5 heteroatoms. The van der Waals surface area contributed by atoms with Gasteiger partial charge in [-0.05, 0) is 30.5 Å². The predicted octanol–water partition coefficient (Wildman–Crippen LogP) is 1.38. The number of nitrogens with zero attached hydrogens (tertiary/aromatic N) is 2. The first kappa shape index (κ1) is 11.6. The van der Waals surface area contributed by atoms with Crippen molar-refractivity contribution < 1.29 is 4.39 Å². The van der Waals surface area contributed by atoms with Crippen molar-refractivity contribution in [3.63, 3.8) is 0 Å². The van der Waals surface area contributed by atoms with Crippen LogP contribution < -0.4 is 11.5 Å². The van der Waals surface area contributed by atoms with E-state index in [0.717, 1.165) is 24.9 Å². The minimum absolute atomic E-state index is 0.0118. The van der Waals surface area contributed by atoms with Gasteiger partial charge in [0.1, 0.15) is 11.7 Å². The lowest BCUT2D eigenvalue weighted by molar-refractivity contribution is 0.623. The van der Waals surface area contributed by atoms with E-state index in [0.29, 0.717) is 5.84 Å². The van der Waals surface area contributed by atoms with Crippen LogP contribution in [0.25, 0.3) is 0 Å². The molecule has 4 nitrogen and oxygen atoms in total. The predicted molar refractivity (Wildman–Crippen MR) is 66.5 cm³/mol.